The average molecular weight is 317 g/mol. The van der Waals surface area contributed by atoms with E-state index in [1.807, 2.05) is 24.5 Å². The highest BCUT2D eigenvalue weighted by atomic mass is 19.1. The summed E-state index contributed by atoms with van der Waals surface area (Å²) in [6.07, 6.45) is 0. The average Bonchev–Trinajstić information content (AvgIpc) is 2.84. The summed E-state index contributed by atoms with van der Waals surface area (Å²) in [6.45, 7) is 7.60. The van der Waals surface area contributed by atoms with E-state index < -0.39 is 0 Å². The number of hydrogen-bond donors (Lipinski definition) is 1. The quantitative estimate of drug-likeness (QED) is 0.864. The Balaban J connectivity index is 1.85. The molecule has 0 saturated carbocycles. The molecular formula is C18H22FN2O2+. The summed E-state index contributed by atoms with van der Waals surface area (Å²) in [7, 11) is 0. The standard InChI is InChI=1S/C18H21FN2O2/c1-13-11-17(18(22)12-20-7-9-23-10-8-20)14(2)21(13)16-5-3-15(19)4-6-16/h3-6,11H,7-10,12H2,1-2H3/p+1. The van der Waals surface area contributed by atoms with E-state index in [4.69, 9.17) is 4.74 Å². The van der Waals surface area contributed by atoms with E-state index in [2.05, 4.69) is 0 Å². The fourth-order valence-electron chi connectivity index (χ4n) is 3.19. The van der Waals surface area contributed by atoms with Gasteiger partial charge in [-0.3, -0.25) is 4.79 Å². The number of ketones is 1. The molecule has 0 spiro atoms. The zero-order chi connectivity index (χ0) is 16.4. The first-order valence-corrected chi connectivity index (χ1v) is 7.95. The molecule has 23 heavy (non-hydrogen) atoms. The van der Waals surface area contributed by atoms with Crippen molar-refractivity contribution >= 4 is 5.78 Å². The van der Waals surface area contributed by atoms with E-state index in [1.54, 1.807) is 12.1 Å². The monoisotopic (exact) mass is 317 g/mol. The molecule has 1 N–H and O–H groups in total. The Bertz CT molecular complexity index is 701. The fraction of sp³-hybridized carbons (Fsp3) is 0.389. The second kappa shape index (κ2) is 6.64. The van der Waals surface area contributed by atoms with Gasteiger partial charge in [-0.15, -0.1) is 0 Å². The van der Waals surface area contributed by atoms with Crippen LogP contribution in [-0.2, 0) is 4.74 Å². The van der Waals surface area contributed by atoms with Crippen LogP contribution in [0.4, 0.5) is 4.39 Å². The molecule has 1 aromatic heterocycles. The summed E-state index contributed by atoms with van der Waals surface area (Å²) >= 11 is 0. The van der Waals surface area contributed by atoms with Gasteiger partial charge in [0.25, 0.3) is 0 Å². The van der Waals surface area contributed by atoms with Crippen molar-refractivity contribution in [1.82, 2.24) is 4.57 Å². The second-order valence-electron chi connectivity index (χ2n) is 6.06. The van der Waals surface area contributed by atoms with Gasteiger partial charge in [-0.25, -0.2) is 4.39 Å². The number of benzene rings is 1. The van der Waals surface area contributed by atoms with Crippen LogP contribution in [0.5, 0.6) is 0 Å². The summed E-state index contributed by atoms with van der Waals surface area (Å²) in [5.41, 5.74) is 3.52. The number of carbonyl (C=O) groups excluding carboxylic acids is 1. The minimum Gasteiger partial charge on any atom is -0.370 e. The van der Waals surface area contributed by atoms with Gasteiger partial charge in [0.05, 0.1) is 13.2 Å². The van der Waals surface area contributed by atoms with Crippen LogP contribution >= 0.6 is 0 Å². The molecule has 1 saturated heterocycles. The van der Waals surface area contributed by atoms with Gasteiger partial charge in [-0.2, -0.15) is 0 Å². The number of quaternary nitrogens is 1. The first-order chi connectivity index (χ1) is 11.1. The van der Waals surface area contributed by atoms with Crippen LogP contribution in [0.2, 0.25) is 0 Å². The van der Waals surface area contributed by atoms with Crippen molar-refractivity contribution in [3.8, 4) is 5.69 Å². The smallest absolute Gasteiger partial charge is 0.218 e. The molecule has 2 aromatic rings. The van der Waals surface area contributed by atoms with E-state index in [0.717, 1.165) is 48.9 Å². The maximum absolute atomic E-state index is 13.1. The molecule has 5 heteroatoms. The molecule has 0 amide bonds. The van der Waals surface area contributed by atoms with Gasteiger partial charge in [0.2, 0.25) is 5.78 Å². The van der Waals surface area contributed by atoms with E-state index in [9.17, 15) is 9.18 Å². The minimum absolute atomic E-state index is 0.156. The number of rotatable bonds is 4. The summed E-state index contributed by atoms with van der Waals surface area (Å²) < 4.78 is 20.5. The van der Waals surface area contributed by atoms with Crippen LogP contribution in [-0.4, -0.2) is 43.2 Å². The summed E-state index contributed by atoms with van der Waals surface area (Å²) in [6, 6.07) is 8.27. The van der Waals surface area contributed by atoms with Crippen molar-refractivity contribution in [3.05, 3.63) is 53.1 Å². The first-order valence-electron chi connectivity index (χ1n) is 7.95. The van der Waals surface area contributed by atoms with Crippen molar-refractivity contribution in [2.45, 2.75) is 13.8 Å². The number of halogens is 1. The molecule has 0 atom stereocenters. The number of ether oxygens (including phenoxy) is 1. The van der Waals surface area contributed by atoms with E-state index in [1.165, 1.54) is 17.0 Å². The Morgan fingerprint density at radius 2 is 1.87 bits per heavy atom. The predicted molar refractivity (Wildman–Crippen MR) is 85.9 cm³/mol. The first kappa shape index (κ1) is 15.9. The molecule has 0 bridgehead atoms. The lowest BCUT2D eigenvalue weighted by Gasteiger charge is -2.22. The molecule has 3 rings (SSSR count). The number of nitrogens with one attached hydrogen (secondary N) is 1. The van der Waals surface area contributed by atoms with Gasteiger partial charge < -0.3 is 14.2 Å². The maximum Gasteiger partial charge on any atom is 0.218 e. The highest BCUT2D eigenvalue weighted by Crippen LogP contribution is 2.21. The number of aryl methyl sites for hydroxylation is 1. The molecule has 0 radical (unpaired) electrons. The van der Waals surface area contributed by atoms with E-state index in [0.29, 0.717) is 6.54 Å². The van der Waals surface area contributed by atoms with Crippen LogP contribution in [0.25, 0.3) is 5.69 Å². The molecule has 2 heterocycles. The lowest BCUT2D eigenvalue weighted by Crippen LogP contribution is -3.14. The maximum atomic E-state index is 13.1. The Labute approximate surface area is 135 Å². The molecule has 122 valence electrons. The topological polar surface area (TPSA) is 35.7 Å². The Hall–Kier alpha value is -1.98. The molecule has 1 aliphatic heterocycles. The lowest BCUT2D eigenvalue weighted by molar-refractivity contribution is -0.899. The van der Waals surface area contributed by atoms with Crippen LogP contribution in [0.15, 0.2) is 30.3 Å². The van der Waals surface area contributed by atoms with E-state index in [-0.39, 0.29) is 11.6 Å². The predicted octanol–water partition coefficient (Wildman–Crippen LogP) is 1.33. The van der Waals surface area contributed by atoms with Crippen LogP contribution in [0.3, 0.4) is 0 Å². The number of hydrogen-bond acceptors (Lipinski definition) is 2. The van der Waals surface area contributed by atoms with Crippen molar-refractivity contribution in [2.24, 2.45) is 0 Å². The number of carbonyl (C=O) groups is 1. The van der Waals surface area contributed by atoms with Crippen molar-refractivity contribution in [1.29, 1.82) is 0 Å². The fourth-order valence-corrected chi connectivity index (χ4v) is 3.19. The molecule has 1 fully saturated rings. The SMILES string of the molecule is Cc1cc(C(=O)C[NH+]2CCOCC2)c(C)n1-c1ccc(F)cc1. The molecule has 1 aromatic carbocycles. The molecular weight excluding hydrogens is 295 g/mol. The van der Waals surface area contributed by atoms with Crippen molar-refractivity contribution in [2.75, 3.05) is 32.8 Å². The molecule has 0 unspecified atom stereocenters. The number of aromatic nitrogens is 1. The third-order valence-corrected chi connectivity index (χ3v) is 4.43. The largest absolute Gasteiger partial charge is 0.370 e. The molecule has 0 aliphatic carbocycles. The normalized spacial score (nSPS) is 15.8. The van der Waals surface area contributed by atoms with Gasteiger partial charge in [-0.1, -0.05) is 0 Å². The highest BCUT2D eigenvalue weighted by molar-refractivity contribution is 5.98. The van der Waals surface area contributed by atoms with Crippen LogP contribution < -0.4 is 4.90 Å². The Kier molecular flexibility index (Phi) is 4.59. The van der Waals surface area contributed by atoms with Gasteiger partial charge >= 0.3 is 0 Å². The number of morpholine rings is 1. The van der Waals surface area contributed by atoms with E-state index >= 15 is 0 Å². The second-order valence-corrected chi connectivity index (χ2v) is 6.06. The van der Waals surface area contributed by atoms with Crippen molar-refractivity contribution < 1.29 is 18.8 Å². The van der Waals surface area contributed by atoms with Gasteiger partial charge in [-0.05, 0) is 44.2 Å². The zero-order valence-corrected chi connectivity index (χ0v) is 13.6. The third-order valence-electron chi connectivity index (χ3n) is 4.43. The zero-order valence-electron chi connectivity index (χ0n) is 13.6. The molecule has 4 nitrogen and oxygen atoms in total. The van der Waals surface area contributed by atoms with Gasteiger partial charge in [0, 0.05) is 22.6 Å². The van der Waals surface area contributed by atoms with Crippen LogP contribution in [0.1, 0.15) is 21.7 Å². The summed E-state index contributed by atoms with van der Waals surface area (Å²) in [5, 5.41) is 0. The van der Waals surface area contributed by atoms with Gasteiger partial charge in [0.1, 0.15) is 25.5 Å². The minimum atomic E-state index is -0.261. The third kappa shape index (κ3) is 3.35. The van der Waals surface area contributed by atoms with Crippen molar-refractivity contribution in [3.63, 3.8) is 0 Å². The van der Waals surface area contributed by atoms with Gasteiger partial charge in [0.15, 0.2) is 0 Å². The number of Topliss-reactive ketones (excluding diaryl/α,β-unsaturated/α-hetero) is 1. The Morgan fingerprint density at radius 1 is 1.22 bits per heavy atom. The van der Waals surface area contributed by atoms with Crippen LogP contribution in [0, 0.1) is 19.7 Å². The lowest BCUT2D eigenvalue weighted by atomic mass is 10.1. The molecule has 1 aliphatic rings. The summed E-state index contributed by atoms with van der Waals surface area (Å²) in [4.78, 5) is 13.9. The highest BCUT2D eigenvalue weighted by Gasteiger charge is 2.22. The number of nitrogens with zero attached hydrogens (tertiary/aromatic N) is 1. The summed E-state index contributed by atoms with van der Waals surface area (Å²) in [5.74, 6) is -0.105. The Morgan fingerprint density at radius 3 is 2.52 bits per heavy atom.